The molecule has 1 aromatic heterocycles. The van der Waals surface area contributed by atoms with Gasteiger partial charge in [-0.2, -0.15) is 5.10 Å². The van der Waals surface area contributed by atoms with Crippen molar-refractivity contribution >= 4 is 5.91 Å². The first kappa shape index (κ1) is 20.9. The molecule has 1 fully saturated rings. The number of carbonyl (C=O) groups excluding carboxylic acids is 1. The fraction of sp³-hybridized carbons (Fsp3) is 0.385. The molecule has 166 valence electrons. The molecule has 0 radical (unpaired) electrons. The van der Waals surface area contributed by atoms with Crippen molar-refractivity contribution in [3.05, 3.63) is 82.7 Å². The van der Waals surface area contributed by atoms with Crippen LogP contribution in [-0.2, 0) is 25.9 Å². The first-order valence-corrected chi connectivity index (χ1v) is 11.6. The second-order valence-corrected chi connectivity index (χ2v) is 8.96. The van der Waals surface area contributed by atoms with E-state index in [2.05, 4.69) is 46.4 Å². The van der Waals surface area contributed by atoms with Crippen LogP contribution in [0.2, 0.25) is 0 Å². The van der Waals surface area contributed by atoms with Gasteiger partial charge in [0.15, 0.2) is 5.69 Å². The highest BCUT2D eigenvalue weighted by atomic mass is 16.1. The van der Waals surface area contributed by atoms with E-state index >= 15 is 0 Å². The number of amides is 1. The van der Waals surface area contributed by atoms with Gasteiger partial charge in [0.05, 0.1) is 5.69 Å². The highest BCUT2D eigenvalue weighted by Crippen LogP contribution is 2.27. The molecule has 32 heavy (non-hydrogen) atoms. The van der Waals surface area contributed by atoms with E-state index < -0.39 is 0 Å². The van der Waals surface area contributed by atoms with Crippen molar-refractivity contribution < 1.29 is 4.79 Å². The summed E-state index contributed by atoms with van der Waals surface area (Å²) in [6.45, 7) is 5.93. The SMILES string of the molecule is CN1CCN(Cc2cccc(CNC(=O)c3nn(-c4ccccc4)c4c3CCC4)c2)CC1. The summed E-state index contributed by atoms with van der Waals surface area (Å²) in [7, 11) is 2.18. The maximum absolute atomic E-state index is 13.1. The van der Waals surface area contributed by atoms with Crippen LogP contribution in [0.5, 0.6) is 0 Å². The Morgan fingerprint density at radius 1 is 0.969 bits per heavy atom. The predicted octanol–water partition coefficient (Wildman–Crippen LogP) is 3.04. The van der Waals surface area contributed by atoms with E-state index in [1.807, 2.05) is 35.0 Å². The van der Waals surface area contributed by atoms with Gasteiger partial charge in [0.25, 0.3) is 5.91 Å². The summed E-state index contributed by atoms with van der Waals surface area (Å²) in [5, 5.41) is 7.82. The van der Waals surface area contributed by atoms with Gasteiger partial charge in [-0.3, -0.25) is 9.69 Å². The van der Waals surface area contributed by atoms with Gasteiger partial charge >= 0.3 is 0 Å². The van der Waals surface area contributed by atoms with Crippen molar-refractivity contribution in [2.45, 2.75) is 32.4 Å². The van der Waals surface area contributed by atoms with Gasteiger partial charge in [-0.25, -0.2) is 4.68 Å². The average molecular weight is 430 g/mol. The molecule has 1 N–H and O–H groups in total. The number of likely N-dealkylation sites (N-methyl/N-ethyl adjacent to an activating group) is 1. The van der Waals surface area contributed by atoms with Crippen LogP contribution >= 0.6 is 0 Å². The first-order chi connectivity index (χ1) is 15.7. The zero-order valence-corrected chi connectivity index (χ0v) is 18.8. The monoisotopic (exact) mass is 429 g/mol. The minimum atomic E-state index is -0.0812. The smallest absolute Gasteiger partial charge is 0.272 e. The van der Waals surface area contributed by atoms with E-state index in [0.29, 0.717) is 12.2 Å². The summed E-state index contributed by atoms with van der Waals surface area (Å²) in [4.78, 5) is 17.9. The molecular weight excluding hydrogens is 398 g/mol. The van der Waals surface area contributed by atoms with Gasteiger partial charge in [0.2, 0.25) is 0 Å². The van der Waals surface area contributed by atoms with Crippen LogP contribution in [-0.4, -0.2) is 58.7 Å². The maximum Gasteiger partial charge on any atom is 0.272 e. The van der Waals surface area contributed by atoms with E-state index in [4.69, 9.17) is 5.10 Å². The molecule has 2 aromatic carbocycles. The van der Waals surface area contributed by atoms with Crippen LogP contribution in [0, 0.1) is 0 Å². The minimum Gasteiger partial charge on any atom is -0.347 e. The molecule has 6 nitrogen and oxygen atoms in total. The average Bonchev–Trinajstić information content (AvgIpc) is 3.43. The van der Waals surface area contributed by atoms with Crippen molar-refractivity contribution in [3.8, 4) is 5.69 Å². The van der Waals surface area contributed by atoms with E-state index in [1.165, 1.54) is 11.3 Å². The van der Waals surface area contributed by atoms with Crippen LogP contribution in [0.4, 0.5) is 0 Å². The highest BCUT2D eigenvalue weighted by Gasteiger charge is 2.26. The molecule has 0 saturated carbocycles. The maximum atomic E-state index is 13.1. The van der Waals surface area contributed by atoms with Gasteiger partial charge in [-0.1, -0.05) is 42.5 Å². The molecule has 5 rings (SSSR count). The van der Waals surface area contributed by atoms with Crippen molar-refractivity contribution in [2.24, 2.45) is 0 Å². The van der Waals surface area contributed by atoms with Crippen molar-refractivity contribution in [2.75, 3.05) is 33.2 Å². The van der Waals surface area contributed by atoms with Crippen LogP contribution in [0.3, 0.4) is 0 Å². The second-order valence-electron chi connectivity index (χ2n) is 8.96. The quantitative estimate of drug-likeness (QED) is 0.655. The molecule has 2 aliphatic rings. The van der Waals surface area contributed by atoms with Gasteiger partial charge < -0.3 is 10.2 Å². The normalized spacial score (nSPS) is 16.8. The number of hydrogen-bond donors (Lipinski definition) is 1. The lowest BCUT2D eigenvalue weighted by Crippen LogP contribution is -2.43. The third-order valence-electron chi connectivity index (χ3n) is 6.59. The molecule has 1 aliphatic carbocycles. The standard InChI is InChI=1S/C26H31N5O/c1-29-13-15-30(16-14-29)19-21-8-5-7-20(17-21)18-27-26(32)25-23-11-6-12-24(23)31(28-25)22-9-3-2-4-10-22/h2-5,7-10,17H,6,11-16,18-19H2,1H3,(H,27,32). The van der Waals surface area contributed by atoms with Gasteiger partial charge in [0, 0.05) is 50.5 Å². The summed E-state index contributed by atoms with van der Waals surface area (Å²) >= 11 is 0. The highest BCUT2D eigenvalue weighted by molar-refractivity contribution is 5.94. The third-order valence-corrected chi connectivity index (χ3v) is 6.59. The molecule has 1 saturated heterocycles. The zero-order valence-electron chi connectivity index (χ0n) is 18.8. The molecule has 0 spiro atoms. The van der Waals surface area contributed by atoms with Gasteiger partial charge in [-0.05, 0) is 49.6 Å². The molecule has 0 bridgehead atoms. The van der Waals surface area contributed by atoms with E-state index in [-0.39, 0.29) is 5.91 Å². The fourth-order valence-electron chi connectivity index (χ4n) is 4.77. The van der Waals surface area contributed by atoms with Crippen LogP contribution < -0.4 is 5.32 Å². The number of nitrogens with one attached hydrogen (secondary N) is 1. The lowest BCUT2D eigenvalue weighted by atomic mass is 10.1. The van der Waals surface area contributed by atoms with E-state index in [0.717, 1.165) is 68.8 Å². The molecular formula is C26H31N5O. The number of nitrogens with zero attached hydrogens (tertiary/aromatic N) is 4. The molecule has 1 aliphatic heterocycles. The largest absolute Gasteiger partial charge is 0.347 e. The first-order valence-electron chi connectivity index (χ1n) is 11.6. The molecule has 2 heterocycles. The third kappa shape index (κ3) is 4.47. The number of fused-ring (bicyclic) bond motifs is 1. The Hall–Kier alpha value is -2.96. The number of aromatic nitrogens is 2. The summed E-state index contributed by atoms with van der Waals surface area (Å²) in [6, 6.07) is 18.7. The molecule has 0 atom stereocenters. The van der Waals surface area contributed by atoms with E-state index in [9.17, 15) is 4.79 Å². The number of rotatable bonds is 6. The molecule has 1 amide bonds. The Labute approximate surface area is 189 Å². The van der Waals surface area contributed by atoms with E-state index in [1.54, 1.807) is 0 Å². The van der Waals surface area contributed by atoms with Crippen LogP contribution in [0.25, 0.3) is 5.69 Å². The van der Waals surface area contributed by atoms with Crippen molar-refractivity contribution in [1.29, 1.82) is 0 Å². The summed E-state index contributed by atoms with van der Waals surface area (Å²) in [5.41, 5.74) is 6.31. The minimum absolute atomic E-state index is 0.0812. The Bertz CT molecular complexity index is 1080. The predicted molar refractivity (Wildman–Crippen MR) is 126 cm³/mol. The Morgan fingerprint density at radius 3 is 2.56 bits per heavy atom. The second kappa shape index (κ2) is 9.27. The van der Waals surface area contributed by atoms with Crippen molar-refractivity contribution in [1.82, 2.24) is 24.9 Å². The van der Waals surface area contributed by atoms with Crippen LogP contribution in [0.1, 0.15) is 39.3 Å². The molecule has 0 unspecified atom stereocenters. The lowest BCUT2D eigenvalue weighted by Gasteiger charge is -2.32. The zero-order chi connectivity index (χ0) is 21.9. The summed E-state index contributed by atoms with van der Waals surface area (Å²) in [6.07, 6.45) is 2.97. The lowest BCUT2D eigenvalue weighted by molar-refractivity contribution is 0.0944. The number of hydrogen-bond acceptors (Lipinski definition) is 4. The van der Waals surface area contributed by atoms with Crippen LogP contribution in [0.15, 0.2) is 54.6 Å². The Kier molecular flexibility index (Phi) is 6.06. The topological polar surface area (TPSA) is 53.4 Å². The number of piperazine rings is 1. The van der Waals surface area contributed by atoms with Crippen molar-refractivity contribution in [3.63, 3.8) is 0 Å². The summed E-state index contributed by atoms with van der Waals surface area (Å²) in [5.74, 6) is -0.0812. The number of carbonyl (C=O) groups is 1. The number of para-hydroxylation sites is 1. The molecule has 6 heteroatoms. The Balaban J connectivity index is 1.26. The summed E-state index contributed by atoms with van der Waals surface area (Å²) < 4.78 is 1.95. The Morgan fingerprint density at radius 2 is 1.75 bits per heavy atom. The molecule has 3 aromatic rings. The fourth-order valence-corrected chi connectivity index (χ4v) is 4.77. The number of benzene rings is 2. The van der Waals surface area contributed by atoms with Gasteiger partial charge in [0.1, 0.15) is 0 Å². The van der Waals surface area contributed by atoms with Gasteiger partial charge in [-0.15, -0.1) is 0 Å².